The van der Waals surface area contributed by atoms with Crippen LogP contribution < -0.4 is 10.1 Å². The van der Waals surface area contributed by atoms with Crippen LogP contribution in [-0.4, -0.2) is 64.9 Å². The predicted octanol–water partition coefficient (Wildman–Crippen LogP) is 0.455. The quantitative estimate of drug-likeness (QED) is 0.655. The van der Waals surface area contributed by atoms with Gasteiger partial charge in [0.1, 0.15) is 12.4 Å². The van der Waals surface area contributed by atoms with Crippen molar-refractivity contribution in [2.75, 3.05) is 26.8 Å². The largest absolute Gasteiger partial charge is 0.497 e. The van der Waals surface area contributed by atoms with Gasteiger partial charge in [0.25, 0.3) is 0 Å². The highest BCUT2D eigenvalue weighted by atomic mass is 16.5. The molecule has 4 rings (SSSR count). The number of aromatic amines is 1. The summed E-state index contributed by atoms with van der Waals surface area (Å²) >= 11 is 0. The summed E-state index contributed by atoms with van der Waals surface area (Å²) in [5, 5.41) is 19.5. The fourth-order valence-corrected chi connectivity index (χ4v) is 4.35. The van der Waals surface area contributed by atoms with Crippen LogP contribution in [0, 0.1) is 5.41 Å². The van der Waals surface area contributed by atoms with Gasteiger partial charge in [-0.15, -0.1) is 0 Å². The molecule has 2 aromatic rings. The van der Waals surface area contributed by atoms with E-state index < -0.39 is 12.0 Å². The zero-order valence-corrected chi connectivity index (χ0v) is 16.5. The first-order valence-electron chi connectivity index (χ1n) is 9.86. The van der Waals surface area contributed by atoms with Crippen molar-refractivity contribution < 1.29 is 19.4 Å². The molecule has 0 saturated carbocycles. The number of aliphatic hydroxyl groups is 1. The van der Waals surface area contributed by atoms with Crippen molar-refractivity contribution >= 4 is 11.8 Å². The van der Waals surface area contributed by atoms with Crippen molar-refractivity contribution in [1.82, 2.24) is 20.4 Å². The molecule has 1 unspecified atom stereocenters. The minimum Gasteiger partial charge on any atom is -0.497 e. The van der Waals surface area contributed by atoms with Crippen LogP contribution >= 0.6 is 0 Å². The van der Waals surface area contributed by atoms with Gasteiger partial charge in [0.15, 0.2) is 0 Å². The Labute approximate surface area is 169 Å². The van der Waals surface area contributed by atoms with E-state index in [4.69, 9.17) is 9.84 Å². The van der Waals surface area contributed by atoms with E-state index in [0.29, 0.717) is 19.5 Å². The number of likely N-dealkylation sites (tertiary alicyclic amines) is 1. The zero-order valence-electron chi connectivity index (χ0n) is 16.5. The maximum Gasteiger partial charge on any atom is 0.248 e. The molecule has 154 valence electrons. The van der Waals surface area contributed by atoms with Crippen LogP contribution in [0.4, 0.5) is 0 Å². The molecule has 0 bridgehead atoms. The van der Waals surface area contributed by atoms with Gasteiger partial charge in [-0.05, 0) is 48.9 Å². The second-order valence-corrected chi connectivity index (χ2v) is 8.00. The maximum absolute atomic E-state index is 13.3. The second-order valence-electron chi connectivity index (χ2n) is 8.00. The van der Waals surface area contributed by atoms with E-state index in [-0.39, 0.29) is 17.9 Å². The fraction of sp³-hybridized carbons (Fsp3) is 0.476. The molecule has 2 heterocycles. The minimum atomic E-state index is -0.701. The van der Waals surface area contributed by atoms with Gasteiger partial charge in [0, 0.05) is 24.8 Å². The van der Waals surface area contributed by atoms with Gasteiger partial charge in [-0.1, -0.05) is 12.1 Å². The number of ether oxygens (including phenoxy) is 1. The average Bonchev–Trinajstić information content (AvgIpc) is 3.17. The molecule has 29 heavy (non-hydrogen) atoms. The summed E-state index contributed by atoms with van der Waals surface area (Å²) in [7, 11) is 1.61. The molecule has 1 saturated heterocycles. The highest BCUT2D eigenvalue weighted by molar-refractivity contribution is 5.88. The first kappa shape index (κ1) is 19.4. The Hall–Kier alpha value is -2.87. The van der Waals surface area contributed by atoms with Crippen LogP contribution in [0.3, 0.4) is 0 Å². The number of aliphatic hydroxyl groups excluding tert-OH is 1. The zero-order chi connectivity index (χ0) is 20.4. The standard InChI is InChI=1S/C21H26N4O4/c1-29-17-4-2-3-14(7-17)9-21(12-25(13-21)19(27)11-26)20(28)23-16-5-6-18-15(8-16)10-22-24-18/h2-4,7,10,16,26H,5-6,8-9,11-13H2,1H3,(H,22,24)(H,23,28). The lowest BCUT2D eigenvalue weighted by molar-refractivity contribution is -0.155. The summed E-state index contributed by atoms with van der Waals surface area (Å²) in [6.07, 6.45) is 4.80. The summed E-state index contributed by atoms with van der Waals surface area (Å²) in [5.74, 6) is 0.347. The molecule has 1 aromatic carbocycles. The number of aryl methyl sites for hydroxylation is 1. The van der Waals surface area contributed by atoms with Crippen molar-refractivity contribution in [1.29, 1.82) is 0 Å². The molecule has 8 nitrogen and oxygen atoms in total. The van der Waals surface area contributed by atoms with E-state index in [0.717, 1.165) is 41.8 Å². The van der Waals surface area contributed by atoms with Crippen LogP contribution in [0.25, 0.3) is 0 Å². The van der Waals surface area contributed by atoms with Gasteiger partial charge in [-0.2, -0.15) is 5.10 Å². The van der Waals surface area contributed by atoms with Crippen molar-refractivity contribution in [3.63, 3.8) is 0 Å². The summed E-state index contributed by atoms with van der Waals surface area (Å²) in [4.78, 5) is 26.7. The molecule has 1 aliphatic carbocycles. The first-order chi connectivity index (χ1) is 14.0. The summed E-state index contributed by atoms with van der Waals surface area (Å²) in [6, 6.07) is 7.70. The van der Waals surface area contributed by atoms with Crippen LogP contribution in [-0.2, 0) is 28.9 Å². The number of amides is 2. The Morgan fingerprint density at radius 2 is 2.24 bits per heavy atom. The molecule has 8 heteroatoms. The smallest absolute Gasteiger partial charge is 0.248 e. The molecule has 1 fully saturated rings. The van der Waals surface area contributed by atoms with Crippen molar-refractivity contribution in [3.05, 3.63) is 47.3 Å². The Morgan fingerprint density at radius 3 is 3.00 bits per heavy atom. The molecule has 1 aromatic heterocycles. The number of H-pyrrole nitrogens is 1. The molecule has 1 aliphatic heterocycles. The average molecular weight is 398 g/mol. The number of fused-ring (bicyclic) bond motifs is 1. The van der Waals surface area contributed by atoms with Crippen LogP contribution in [0.1, 0.15) is 23.2 Å². The topological polar surface area (TPSA) is 108 Å². The number of rotatable bonds is 6. The van der Waals surface area contributed by atoms with Gasteiger partial charge in [-0.25, -0.2) is 0 Å². The molecule has 2 amide bonds. The van der Waals surface area contributed by atoms with Crippen LogP contribution in [0.5, 0.6) is 5.75 Å². The maximum atomic E-state index is 13.3. The number of hydrogen-bond donors (Lipinski definition) is 3. The Morgan fingerprint density at radius 1 is 1.41 bits per heavy atom. The van der Waals surface area contributed by atoms with Crippen LogP contribution in [0.2, 0.25) is 0 Å². The Balaban J connectivity index is 1.49. The monoisotopic (exact) mass is 398 g/mol. The van der Waals surface area contributed by atoms with Gasteiger partial charge in [0.2, 0.25) is 11.8 Å². The highest BCUT2D eigenvalue weighted by Crippen LogP contribution is 2.36. The van der Waals surface area contributed by atoms with Crippen molar-refractivity contribution in [3.8, 4) is 5.75 Å². The number of benzene rings is 1. The first-order valence-corrected chi connectivity index (χ1v) is 9.86. The van der Waals surface area contributed by atoms with Crippen molar-refractivity contribution in [2.24, 2.45) is 5.41 Å². The molecule has 2 aliphatic rings. The fourth-order valence-electron chi connectivity index (χ4n) is 4.35. The van der Waals surface area contributed by atoms with E-state index in [2.05, 4.69) is 15.5 Å². The minimum absolute atomic E-state index is 0.0424. The number of nitrogens with zero attached hydrogens (tertiary/aromatic N) is 2. The number of carbonyl (C=O) groups excluding carboxylic acids is 2. The number of nitrogens with one attached hydrogen (secondary N) is 2. The van der Waals surface area contributed by atoms with E-state index in [1.165, 1.54) is 4.90 Å². The third kappa shape index (κ3) is 3.85. The molecule has 3 N–H and O–H groups in total. The summed E-state index contributed by atoms with van der Waals surface area (Å²) in [5.41, 5.74) is 2.57. The molecular formula is C21H26N4O4. The van der Waals surface area contributed by atoms with Gasteiger partial charge in [0.05, 0.1) is 18.7 Å². The molecule has 0 spiro atoms. The van der Waals surface area contributed by atoms with E-state index in [1.54, 1.807) is 7.11 Å². The predicted molar refractivity (Wildman–Crippen MR) is 105 cm³/mol. The normalized spacial score (nSPS) is 19.8. The summed E-state index contributed by atoms with van der Waals surface area (Å²) in [6.45, 7) is 0.0704. The SMILES string of the molecule is COc1cccc(CC2(C(=O)NC3CCc4[nH]ncc4C3)CN(C(=O)CO)C2)c1. The second kappa shape index (κ2) is 7.87. The Kier molecular flexibility index (Phi) is 5.27. The van der Waals surface area contributed by atoms with Gasteiger partial charge < -0.3 is 20.1 Å². The molecule has 1 atom stereocenters. The number of aromatic nitrogens is 2. The number of methoxy groups -OCH3 is 1. The number of carbonyl (C=O) groups is 2. The van der Waals surface area contributed by atoms with Crippen molar-refractivity contribution in [2.45, 2.75) is 31.7 Å². The van der Waals surface area contributed by atoms with E-state index in [9.17, 15) is 9.59 Å². The van der Waals surface area contributed by atoms with Crippen LogP contribution in [0.15, 0.2) is 30.5 Å². The highest BCUT2D eigenvalue weighted by Gasteiger charge is 2.51. The third-order valence-corrected chi connectivity index (χ3v) is 5.99. The lowest BCUT2D eigenvalue weighted by atomic mass is 9.73. The van der Waals surface area contributed by atoms with Gasteiger partial charge in [-0.3, -0.25) is 14.7 Å². The lowest BCUT2D eigenvalue weighted by Gasteiger charge is -2.49. The molecule has 0 radical (unpaired) electrons. The Bertz CT molecular complexity index is 904. The third-order valence-electron chi connectivity index (χ3n) is 5.99. The molecular weight excluding hydrogens is 372 g/mol. The lowest BCUT2D eigenvalue weighted by Crippen LogP contribution is -2.67. The van der Waals surface area contributed by atoms with Gasteiger partial charge >= 0.3 is 0 Å². The summed E-state index contributed by atoms with van der Waals surface area (Å²) < 4.78 is 5.30. The number of hydrogen-bond acceptors (Lipinski definition) is 5. The van der Waals surface area contributed by atoms with E-state index >= 15 is 0 Å². The van der Waals surface area contributed by atoms with E-state index in [1.807, 2.05) is 30.5 Å².